The molecule has 1 aliphatic carbocycles. The van der Waals surface area contributed by atoms with E-state index < -0.39 is 0 Å². The Bertz CT molecular complexity index is 931. The number of carbonyl (C=O) groups excluding carboxylic acids is 1. The molecule has 1 fully saturated rings. The van der Waals surface area contributed by atoms with Gasteiger partial charge in [0.25, 0.3) is 11.5 Å². The lowest BCUT2D eigenvalue weighted by molar-refractivity contribution is 0.0722. The van der Waals surface area contributed by atoms with Gasteiger partial charge in [-0.15, -0.1) is 6.58 Å². The molecule has 3 rings (SSSR count). The minimum absolute atomic E-state index is 0.0206. The zero-order chi connectivity index (χ0) is 18.0. The molecule has 0 unspecified atom stereocenters. The van der Waals surface area contributed by atoms with Crippen molar-refractivity contribution in [1.29, 1.82) is 0 Å². The summed E-state index contributed by atoms with van der Waals surface area (Å²) in [4.78, 5) is 28.1. The molecule has 0 spiro atoms. The Balaban J connectivity index is 1.92. The first-order valence-electron chi connectivity index (χ1n) is 8.26. The summed E-state index contributed by atoms with van der Waals surface area (Å²) in [5.41, 5.74) is 0.847. The second kappa shape index (κ2) is 7.33. The van der Waals surface area contributed by atoms with Crippen molar-refractivity contribution in [2.24, 2.45) is 0 Å². The maximum absolute atomic E-state index is 12.5. The highest BCUT2D eigenvalue weighted by Gasteiger charge is 2.28. The van der Waals surface area contributed by atoms with Gasteiger partial charge in [0.2, 0.25) is 0 Å². The number of aromatic amines is 1. The van der Waals surface area contributed by atoms with Crippen molar-refractivity contribution < 1.29 is 9.53 Å². The van der Waals surface area contributed by atoms with Gasteiger partial charge in [0.05, 0.1) is 23.0 Å². The SMILES string of the molecule is C=CCn1c(=S)[nH]c2cc(C(=O)N[C@@H]3CCC[C@@H]3OC)ccc2c1=O. The number of carbonyl (C=O) groups is 1. The van der Waals surface area contributed by atoms with E-state index in [-0.39, 0.29) is 23.6 Å². The predicted molar refractivity (Wildman–Crippen MR) is 99.5 cm³/mol. The molecule has 1 aromatic carbocycles. The van der Waals surface area contributed by atoms with Crippen LogP contribution in [-0.2, 0) is 11.3 Å². The lowest BCUT2D eigenvalue weighted by Gasteiger charge is -2.19. The smallest absolute Gasteiger partial charge is 0.262 e. The van der Waals surface area contributed by atoms with E-state index in [1.54, 1.807) is 31.4 Å². The molecule has 2 aromatic rings. The third-order valence-corrected chi connectivity index (χ3v) is 4.95. The van der Waals surface area contributed by atoms with Crippen molar-refractivity contribution in [2.75, 3.05) is 7.11 Å². The number of amides is 1. The van der Waals surface area contributed by atoms with E-state index in [0.29, 0.717) is 27.8 Å². The van der Waals surface area contributed by atoms with E-state index in [1.807, 2.05) is 0 Å². The van der Waals surface area contributed by atoms with Gasteiger partial charge in [-0.3, -0.25) is 14.2 Å². The predicted octanol–water partition coefficient (Wildman–Crippen LogP) is 2.54. The first-order chi connectivity index (χ1) is 12.0. The maximum Gasteiger partial charge on any atom is 0.262 e. The molecule has 1 heterocycles. The van der Waals surface area contributed by atoms with Crippen LogP contribution in [0.25, 0.3) is 10.9 Å². The van der Waals surface area contributed by atoms with E-state index >= 15 is 0 Å². The summed E-state index contributed by atoms with van der Waals surface area (Å²) in [6.45, 7) is 3.97. The van der Waals surface area contributed by atoms with Crippen LogP contribution in [0.5, 0.6) is 0 Å². The van der Waals surface area contributed by atoms with E-state index in [1.165, 1.54) is 4.57 Å². The number of methoxy groups -OCH3 is 1. The summed E-state index contributed by atoms with van der Waals surface area (Å²) in [5, 5.41) is 3.51. The normalized spacial score (nSPS) is 19.9. The summed E-state index contributed by atoms with van der Waals surface area (Å²) in [6, 6.07) is 4.99. The van der Waals surface area contributed by atoms with Crippen molar-refractivity contribution in [1.82, 2.24) is 14.9 Å². The van der Waals surface area contributed by atoms with Gasteiger partial charge in [0.15, 0.2) is 4.77 Å². The van der Waals surface area contributed by atoms with E-state index in [4.69, 9.17) is 17.0 Å². The molecule has 25 heavy (non-hydrogen) atoms. The second-order valence-electron chi connectivity index (χ2n) is 6.18. The average Bonchev–Trinajstić information content (AvgIpc) is 3.05. The highest BCUT2D eigenvalue weighted by molar-refractivity contribution is 7.71. The Labute approximate surface area is 150 Å². The number of hydrogen-bond acceptors (Lipinski definition) is 4. The van der Waals surface area contributed by atoms with Gasteiger partial charge in [0, 0.05) is 19.2 Å². The zero-order valence-corrected chi connectivity index (χ0v) is 14.9. The Morgan fingerprint density at radius 2 is 2.32 bits per heavy atom. The number of ether oxygens (including phenoxy) is 1. The number of rotatable bonds is 5. The van der Waals surface area contributed by atoms with Gasteiger partial charge in [-0.25, -0.2) is 0 Å². The molecule has 0 saturated heterocycles. The third kappa shape index (κ3) is 3.43. The molecule has 1 saturated carbocycles. The number of hydrogen-bond donors (Lipinski definition) is 2. The van der Waals surface area contributed by atoms with Crippen molar-refractivity contribution in [3.63, 3.8) is 0 Å². The number of aromatic nitrogens is 2. The summed E-state index contributed by atoms with van der Waals surface area (Å²) < 4.78 is 7.16. The lowest BCUT2D eigenvalue weighted by atomic mass is 10.1. The fourth-order valence-electron chi connectivity index (χ4n) is 3.32. The van der Waals surface area contributed by atoms with E-state index in [2.05, 4.69) is 16.9 Å². The maximum atomic E-state index is 12.5. The molecule has 0 bridgehead atoms. The Morgan fingerprint density at radius 1 is 1.52 bits per heavy atom. The van der Waals surface area contributed by atoms with Crippen LogP contribution >= 0.6 is 12.2 Å². The fraction of sp³-hybridized carbons (Fsp3) is 0.389. The summed E-state index contributed by atoms with van der Waals surface area (Å²) in [5.74, 6) is -0.176. The van der Waals surface area contributed by atoms with Crippen molar-refractivity contribution in [3.8, 4) is 0 Å². The van der Waals surface area contributed by atoms with Crippen molar-refractivity contribution in [2.45, 2.75) is 38.0 Å². The zero-order valence-electron chi connectivity index (χ0n) is 14.1. The summed E-state index contributed by atoms with van der Waals surface area (Å²) in [6.07, 6.45) is 4.58. The molecule has 2 atom stereocenters. The summed E-state index contributed by atoms with van der Waals surface area (Å²) in [7, 11) is 1.67. The van der Waals surface area contributed by atoms with Gasteiger partial charge < -0.3 is 15.0 Å². The molecule has 6 nitrogen and oxygen atoms in total. The van der Waals surface area contributed by atoms with Crippen LogP contribution in [0.4, 0.5) is 0 Å². The van der Waals surface area contributed by atoms with Gasteiger partial charge in [-0.1, -0.05) is 6.08 Å². The Morgan fingerprint density at radius 3 is 3.04 bits per heavy atom. The first kappa shape index (κ1) is 17.6. The first-order valence-corrected chi connectivity index (χ1v) is 8.67. The molecule has 2 N–H and O–H groups in total. The van der Waals surface area contributed by atoms with Crippen LogP contribution in [0.3, 0.4) is 0 Å². The quantitative estimate of drug-likeness (QED) is 0.635. The van der Waals surface area contributed by atoms with Gasteiger partial charge in [0.1, 0.15) is 0 Å². The van der Waals surface area contributed by atoms with Crippen LogP contribution in [0.2, 0.25) is 0 Å². The lowest BCUT2D eigenvalue weighted by Crippen LogP contribution is -2.40. The van der Waals surface area contributed by atoms with E-state index in [0.717, 1.165) is 19.3 Å². The minimum Gasteiger partial charge on any atom is -0.379 e. The topological polar surface area (TPSA) is 76.1 Å². The Hall–Kier alpha value is -2.25. The largest absolute Gasteiger partial charge is 0.379 e. The molecule has 132 valence electrons. The van der Waals surface area contributed by atoms with Crippen molar-refractivity contribution in [3.05, 3.63) is 51.5 Å². The number of benzene rings is 1. The Kier molecular flexibility index (Phi) is 5.15. The van der Waals surface area contributed by atoms with Gasteiger partial charge in [-0.05, 0) is 49.7 Å². The van der Waals surface area contributed by atoms with Gasteiger partial charge in [-0.2, -0.15) is 0 Å². The number of nitrogens with zero attached hydrogens (tertiary/aromatic N) is 1. The minimum atomic E-state index is -0.194. The molecular weight excluding hydrogens is 338 g/mol. The molecule has 1 aromatic heterocycles. The highest BCUT2D eigenvalue weighted by Crippen LogP contribution is 2.22. The van der Waals surface area contributed by atoms with Crippen LogP contribution in [-0.4, -0.2) is 34.7 Å². The van der Waals surface area contributed by atoms with Gasteiger partial charge >= 0.3 is 0 Å². The van der Waals surface area contributed by atoms with Crippen LogP contribution < -0.4 is 10.9 Å². The highest BCUT2D eigenvalue weighted by atomic mass is 32.1. The number of fused-ring (bicyclic) bond motifs is 1. The molecule has 1 amide bonds. The summed E-state index contributed by atoms with van der Waals surface area (Å²) >= 11 is 5.23. The standard InChI is InChI=1S/C18H21N3O3S/c1-3-9-21-17(23)12-8-7-11(10-14(12)20-18(21)25)16(22)19-13-5-4-6-15(13)24-2/h3,7-8,10,13,15H,1,4-6,9H2,2H3,(H,19,22)(H,20,25)/t13-,15+/m1/s1. The van der Waals surface area contributed by atoms with Crippen LogP contribution in [0.1, 0.15) is 29.6 Å². The van der Waals surface area contributed by atoms with E-state index in [9.17, 15) is 9.59 Å². The molecule has 0 radical (unpaired) electrons. The number of H-pyrrole nitrogens is 1. The molecule has 7 heteroatoms. The number of nitrogens with one attached hydrogen (secondary N) is 2. The monoisotopic (exact) mass is 359 g/mol. The average molecular weight is 359 g/mol. The van der Waals surface area contributed by atoms with Crippen LogP contribution in [0, 0.1) is 4.77 Å². The number of allylic oxidation sites excluding steroid dienone is 1. The van der Waals surface area contributed by atoms with Crippen LogP contribution in [0.15, 0.2) is 35.6 Å². The molecule has 1 aliphatic rings. The fourth-order valence-corrected chi connectivity index (χ4v) is 3.58. The molecular formula is C18H21N3O3S. The van der Waals surface area contributed by atoms with Crippen molar-refractivity contribution >= 4 is 29.0 Å². The molecule has 0 aliphatic heterocycles. The third-order valence-electron chi connectivity index (χ3n) is 4.63. The second-order valence-corrected chi connectivity index (χ2v) is 6.57.